The number of hydrogen-bond acceptors (Lipinski definition) is 0. The van der Waals surface area contributed by atoms with Gasteiger partial charge in [-0.05, 0) is 202 Å². The van der Waals surface area contributed by atoms with Crippen LogP contribution in [0.15, 0.2) is 425 Å². The predicted octanol–water partition coefficient (Wildman–Crippen LogP) is 28.4. The van der Waals surface area contributed by atoms with Crippen LogP contribution in [0.5, 0.6) is 0 Å². The second-order valence-electron chi connectivity index (χ2n) is 26.0. The molecule has 0 aliphatic carbocycles. The third-order valence-corrected chi connectivity index (χ3v) is 19.9. The fourth-order valence-corrected chi connectivity index (χ4v) is 15.5. The van der Waals surface area contributed by atoms with Crippen LogP contribution in [-0.2, 0) is 0 Å². The molecule has 17 aromatic carbocycles. The van der Waals surface area contributed by atoms with E-state index in [1.165, 1.54) is 33.4 Å². The van der Waals surface area contributed by atoms with Crippen molar-refractivity contribution in [3.05, 3.63) is 425 Å². The Kier molecular flexibility index (Phi) is 17.3. The van der Waals surface area contributed by atoms with Gasteiger partial charge in [0.2, 0.25) is 0 Å². The first-order valence-electron chi connectivity index (χ1n) is 35.2. The lowest BCUT2D eigenvalue weighted by molar-refractivity contribution is 1.50. The third kappa shape index (κ3) is 12.0. The molecule has 0 amide bonds. The Labute approximate surface area is 598 Å². The average Bonchev–Trinajstić information content (AvgIpc) is 0.726. The molecule has 17 rings (SSSR count). The standard InChI is InChI=1S/C102H70/c1-13-39-71(40-14-1)87-69-89(93(75-47-21-5-22-48-75)95(77-51-25-7-26-52-77)91(87)73-43-17-3-18-44-73)83-63-37-65-85(67-83)101-99(81-59-33-11-34-60-81)97(79-55-29-9-30-56-79)98(80-57-31-10-32-58-80)100(82-61-35-12-36-62-82)102(101)86-66-38-64-84(68-86)90-70-88(72-41-15-2-16-42-72)92(74-45-19-4-20-46-74)96(78-53-27-8-28-54-78)94(90)76-49-23-6-24-50-76/h1-70H. The van der Waals surface area contributed by atoms with E-state index in [1.807, 2.05) is 0 Å². The normalized spacial score (nSPS) is 11.1. The third-order valence-electron chi connectivity index (χ3n) is 19.9. The van der Waals surface area contributed by atoms with Gasteiger partial charge in [0.15, 0.2) is 0 Å². The summed E-state index contributed by atoms with van der Waals surface area (Å²) < 4.78 is 0. The van der Waals surface area contributed by atoms with Crippen LogP contribution in [0.2, 0.25) is 0 Å². The number of benzene rings is 17. The maximum absolute atomic E-state index is 2.50. The Hall–Kier alpha value is -13.3. The van der Waals surface area contributed by atoms with Crippen LogP contribution >= 0.6 is 0 Å². The van der Waals surface area contributed by atoms with Gasteiger partial charge in [-0.15, -0.1) is 0 Å². The van der Waals surface area contributed by atoms with E-state index in [9.17, 15) is 0 Å². The summed E-state index contributed by atoms with van der Waals surface area (Å²) in [5.74, 6) is 0. The smallest absolute Gasteiger partial charge is 0.00137 e. The molecule has 0 N–H and O–H groups in total. The lowest BCUT2D eigenvalue weighted by atomic mass is 9.73. The molecule has 0 heteroatoms. The quantitative estimate of drug-likeness (QED) is 0.0904. The highest BCUT2D eigenvalue weighted by atomic mass is 14.3. The van der Waals surface area contributed by atoms with Crippen LogP contribution in [0.1, 0.15) is 0 Å². The number of rotatable bonds is 16. The molecule has 0 spiro atoms. The molecule has 0 aliphatic heterocycles. The van der Waals surface area contributed by atoms with Crippen LogP contribution in [0.3, 0.4) is 0 Å². The van der Waals surface area contributed by atoms with E-state index in [2.05, 4.69) is 425 Å². The van der Waals surface area contributed by atoms with Crippen molar-refractivity contribution in [2.24, 2.45) is 0 Å². The minimum atomic E-state index is 1.09. The van der Waals surface area contributed by atoms with Crippen molar-refractivity contribution in [3.8, 4) is 178 Å². The molecule has 0 fully saturated rings. The second kappa shape index (κ2) is 28.3. The maximum Gasteiger partial charge on any atom is -0.00137 e. The monoisotopic (exact) mass is 1290 g/mol. The van der Waals surface area contributed by atoms with Crippen molar-refractivity contribution < 1.29 is 0 Å². The summed E-state index contributed by atoms with van der Waals surface area (Å²) in [5.41, 5.74) is 36.5. The Morgan fingerprint density at radius 3 is 0.402 bits per heavy atom. The summed E-state index contributed by atoms with van der Waals surface area (Å²) in [7, 11) is 0. The molecular weight excluding hydrogens is 1230 g/mol. The molecule has 0 heterocycles. The van der Waals surface area contributed by atoms with Crippen LogP contribution in [0, 0.1) is 0 Å². The Morgan fingerprint density at radius 1 is 0.0784 bits per heavy atom. The Bertz CT molecular complexity index is 5380. The highest BCUT2D eigenvalue weighted by Crippen LogP contribution is 2.59. The van der Waals surface area contributed by atoms with Crippen LogP contribution < -0.4 is 0 Å². The average molecular weight is 1300 g/mol. The van der Waals surface area contributed by atoms with E-state index in [0.29, 0.717) is 0 Å². The summed E-state index contributed by atoms with van der Waals surface area (Å²) in [6.45, 7) is 0. The molecule has 0 bridgehead atoms. The summed E-state index contributed by atoms with van der Waals surface area (Å²) in [6, 6.07) is 157. The van der Waals surface area contributed by atoms with Crippen molar-refractivity contribution in [2.45, 2.75) is 0 Å². The van der Waals surface area contributed by atoms with Gasteiger partial charge in [-0.1, -0.05) is 400 Å². The van der Waals surface area contributed by atoms with Crippen LogP contribution in [-0.4, -0.2) is 0 Å². The zero-order valence-corrected chi connectivity index (χ0v) is 56.4. The molecule has 0 nitrogen and oxygen atoms in total. The van der Waals surface area contributed by atoms with Crippen molar-refractivity contribution in [2.75, 3.05) is 0 Å². The van der Waals surface area contributed by atoms with Gasteiger partial charge < -0.3 is 0 Å². The summed E-state index contributed by atoms with van der Waals surface area (Å²) in [5, 5.41) is 0. The maximum atomic E-state index is 2.50. The van der Waals surface area contributed by atoms with Gasteiger partial charge in [0.25, 0.3) is 0 Å². The molecule has 17 aromatic rings. The minimum Gasteiger partial charge on any atom is -0.0622 e. The molecule has 102 heavy (non-hydrogen) atoms. The van der Waals surface area contributed by atoms with Crippen molar-refractivity contribution in [1.82, 2.24) is 0 Å². The molecule has 0 aromatic heterocycles. The molecule has 0 saturated heterocycles. The minimum absolute atomic E-state index is 1.09. The fraction of sp³-hybridized carbons (Fsp3) is 0. The predicted molar refractivity (Wildman–Crippen MR) is 433 cm³/mol. The van der Waals surface area contributed by atoms with E-state index >= 15 is 0 Å². The molecule has 478 valence electrons. The SMILES string of the molecule is c1ccc(-c2cc(-c3cccc(-c4c(-c5ccccc5)c(-c5ccccc5)c(-c5ccccc5)c(-c5ccccc5)c4-c4cccc(-c5cc(-c6ccccc6)c(-c6ccccc6)c(-c6ccccc6)c5-c5ccccc5)c4)c3)c(-c3ccccc3)c(-c3ccccc3)c2-c2ccccc2)cc1. The molecule has 0 aliphatic rings. The fourth-order valence-electron chi connectivity index (χ4n) is 15.5. The largest absolute Gasteiger partial charge is 0.0622 e. The van der Waals surface area contributed by atoms with Gasteiger partial charge in [0, 0.05) is 0 Å². The van der Waals surface area contributed by atoms with Crippen LogP contribution in [0.25, 0.3) is 178 Å². The van der Waals surface area contributed by atoms with Gasteiger partial charge in [-0.25, -0.2) is 0 Å². The molecule has 0 atom stereocenters. The van der Waals surface area contributed by atoms with E-state index < -0.39 is 0 Å². The molecule has 0 unspecified atom stereocenters. The Morgan fingerprint density at radius 2 is 0.206 bits per heavy atom. The first-order chi connectivity index (χ1) is 50.7. The summed E-state index contributed by atoms with van der Waals surface area (Å²) in [4.78, 5) is 0. The van der Waals surface area contributed by atoms with Crippen molar-refractivity contribution in [1.29, 1.82) is 0 Å². The molecule has 0 radical (unpaired) electrons. The topological polar surface area (TPSA) is 0 Å². The molecular formula is C102H70. The first-order valence-corrected chi connectivity index (χ1v) is 35.2. The lowest BCUT2D eigenvalue weighted by Crippen LogP contribution is -2.03. The van der Waals surface area contributed by atoms with E-state index in [0.717, 1.165) is 145 Å². The molecule has 0 saturated carbocycles. The highest BCUT2D eigenvalue weighted by molar-refractivity contribution is 6.17. The van der Waals surface area contributed by atoms with Crippen molar-refractivity contribution >= 4 is 0 Å². The van der Waals surface area contributed by atoms with Gasteiger partial charge in [0.1, 0.15) is 0 Å². The number of hydrogen-bond donors (Lipinski definition) is 0. The van der Waals surface area contributed by atoms with Gasteiger partial charge in [-0.2, -0.15) is 0 Å². The van der Waals surface area contributed by atoms with E-state index in [4.69, 9.17) is 0 Å². The zero-order valence-electron chi connectivity index (χ0n) is 56.4. The first kappa shape index (κ1) is 62.3. The van der Waals surface area contributed by atoms with Crippen molar-refractivity contribution in [3.63, 3.8) is 0 Å². The second-order valence-corrected chi connectivity index (χ2v) is 26.0. The highest BCUT2D eigenvalue weighted by Gasteiger charge is 2.32. The van der Waals surface area contributed by atoms with E-state index in [-0.39, 0.29) is 0 Å². The van der Waals surface area contributed by atoms with Gasteiger partial charge >= 0.3 is 0 Å². The summed E-state index contributed by atoms with van der Waals surface area (Å²) >= 11 is 0. The van der Waals surface area contributed by atoms with Gasteiger partial charge in [0.05, 0.1) is 0 Å². The summed E-state index contributed by atoms with van der Waals surface area (Å²) in [6.07, 6.45) is 0. The van der Waals surface area contributed by atoms with Crippen LogP contribution in [0.4, 0.5) is 0 Å². The Balaban J connectivity index is 1.04. The van der Waals surface area contributed by atoms with Gasteiger partial charge in [-0.3, -0.25) is 0 Å². The van der Waals surface area contributed by atoms with E-state index in [1.54, 1.807) is 0 Å². The lowest BCUT2D eigenvalue weighted by Gasteiger charge is -2.29. The zero-order chi connectivity index (χ0) is 68.0.